The fourth-order valence-electron chi connectivity index (χ4n) is 1.38. The topological polar surface area (TPSA) is 77.4 Å². The van der Waals surface area contributed by atoms with Crippen LogP contribution in [0.5, 0.6) is 0 Å². The van der Waals surface area contributed by atoms with E-state index in [1.54, 1.807) is 38.6 Å². The van der Waals surface area contributed by atoms with Crippen LogP contribution >= 0.6 is 0 Å². The van der Waals surface area contributed by atoms with Crippen LogP contribution in [0.3, 0.4) is 0 Å². The third-order valence-corrected chi connectivity index (χ3v) is 3.73. The number of ether oxygens (including phenoxy) is 1. The summed E-state index contributed by atoms with van der Waals surface area (Å²) in [5.41, 5.74) is -0.649. The quantitative estimate of drug-likeness (QED) is 0.840. The van der Waals surface area contributed by atoms with Gasteiger partial charge in [-0.2, -0.15) is 4.72 Å². The van der Waals surface area contributed by atoms with Crippen LogP contribution in [0.4, 0.5) is 0 Å². The molecule has 1 N–H and O–H groups in total. The summed E-state index contributed by atoms with van der Waals surface area (Å²) < 4.78 is 33.0. The molecule has 1 aromatic rings. The Morgan fingerprint density at radius 2 is 2.00 bits per heavy atom. The molecule has 0 bridgehead atoms. The number of nitrogens with zero attached hydrogens (tertiary/aromatic N) is 1. The maximum Gasteiger partial charge on any atom is 0.324 e. The summed E-state index contributed by atoms with van der Waals surface area (Å²) in [6.07, 6.45) is 3.08. The van der Waals surface area contributed by atoms with Crippen molar-refractivity contribution in [3.05, 3.63) is 18.5 Å². The van der Waals surface area contributed by atoms with Crippen LogP contribution in [0.15, 0.2) is 23.4 Å². The van der Waals surface area contributed by atoms with Crippen LogP contribution in [0.1, 0.15) is 27.7 Å². The molecule has 0 aliphatic carbocycles. The maximum atomic E-state index is 12.0. The Labute approximate surface area is 113 Å². The number of nitrogens with one attached hydrogen (secondary N) is 1. The molecule has 1 heterocycles. The lowest BCUT2D eigenvalue weighted by atomic mass is 10.2. The van der Waals surface area contributed by atoms with E-state index in [2.05, 4.69) is 4.72 Å². The molecule has 108 valence electrons. The van der Waals surface area contributed by atoms with Crippen molar-refractivity contribution in [1.29, 1.82) is 0 Å². The van der Waals surface area contributed by atoms with E-state index in [-0.39, 0.29) is 4.90 Å². The van der Waals surface area contributed by atoms with Gasteiger partial charge in [0.2, 0.25) is 10.0 Å². The highest BCUT2D eigenvalue weighted by molar-refractivity contribution is 7.89. The van der Waals surface area contributed by atoms with Crippen LogP contribution in [-0.4, -0.2) is 30.6 Å². The molecule has 0 saturated heterocycles. The summed E-state index contributed by atoms with van der Waals surface area (Å²) in [4.78, 5) is 11.8. The number of sulfonamides is 1. The molecule has 0 saturated carbocycles. The lowest BCUT2D eigenvalue weighted by Crippen LogP contribution is -2.42. The highest BCUT2D eigenvalue weighted by Crippen LogP contribution is 2.12. The standard InChI is InChI=1S/C12H20N2O4S/c1-9(11(15)18-12(2,3)4)13-19(16,17)10-6-7-14(5)8-10/h6-9,13H,1-5H3/t9-/m0/s1. The second-order valence-corrected chi connectivity index (χ2v) is 7.10. The van der Waals surface area contributed by atoms with E-state index in [1.807, 2.05) is 0 Å². The molecule has 0 unspecified atom stereocenters. The lowest BCUT2D eigenvalue weighted by Gasteiger charge is -2.22. The molecule has 7 heteroatoms. The molecule has 1 atom stereocenters. The third kappa shape index (κ3) is 4.68. The molecule has 0 aromatic carbocycles. The Hall–Kier alpha value is -1.34. The van der Waals surface area contributed by atoms with Crippen molar-refractivity contribution in [3.8, 4) is 0 Å². The van der Waals surface area contributed by atoms with Gasteiger partial charge in [0.05, 0.1) is 4.90 Å². The van der Waals surface area contributed by atoms with Gasteiger partial charge in [-0.1, -0.05) is 0 Å². The number of rotatable bonds is 4. The van der Waals surface area contributed by atoms with Crippen LogP contribution in [0.25, 0.3) is 0 Å². The zero-order valence-corrected chi connectivity index (χ0v) is 12.6. The molecule has 6 nitrogen and oxygen atoms in total. The van der Waals surface area contributed by atoms with Crippen molar-refractivity contribution in [2.75, 3.05) is 0 Å². The lowest BCUT2D eigenvalue weighted by molar-refractivity contribution is -0.156. The Morgan fingerprint density at radius 1 is 1.42 bits per heavy atom. The predicted octanol–water partition coefficient (Wildman–Crippen LogP) is 1.03. The summed E-state index contributed by atoms with van der Waals surface area (Å²) in [6, 6.07) is 0.522. The van der Waals surface area contributed by atoms with Gasteiger partial charge in [-0.3, -0.25) is 4.79 Å². The first-order chi connectivity index (χ1) is 8.51. The second kappa shape index (κ2) is 5.34. The second-order valence-electron chi connectivity index (χ2n) is 5.39. The van der Waals surface area contributed by atoms with Gasteiger partial charge in [-0.05, 0) is 33.8 Å². The molecule has 0 aliphatic rings. The van der Waals surface area contributed by atoms with Crippen molar-refractivity contribution < 1.29 is 17.9 Å². The van der Waals surface area contributed by atoms with Crippen molar-refractivity contribution in [2.24, 2.45) is 7.05 Å². The number of carbonyl (C=O) groups is 1. The van der Waals surface area contributed by atoms with Crippen molar-refractivity contribution >= 4 is 16.0 Å². The summed E-state index contributed by atoms with van der Waals surface area (Å²) in [5.74, 6) is -0.605. The first-order valence-electron chi connectivity index (χ1n) is 5.88. The maximum absolute atomic E-state index is 12.0. The van der Waals surface area contributed by atoms with Gasteiger partial charge in [0.1, 0.15) is 11.6 Å². The Morgan fingerprint density at radius 3 is 2.42 bits per heavy atom. The summed E-state index contributed by atoms with van der Waals surface area (Å²) in [5, 5.41) is 0. The van der Waals surface area contributed by atoms with E-state index in [0.717, 1.165) is 0 Å². The highest BCUT2D eigenvalue weighted by Gasteiger charge is 2.26. The number of hydrogen-bond acceptors (Lipinski definition) is 4. The first kappa shape index (κ1) is 15.7. The monoisotopic (exact) mass is 288 g/mol. The number of hydrogen-bond donors (Lipinski definition) is 1. The molecule has 0 aliphatic heterocycles. The van der Waals surface area contributed by atoms with Gasteiger partial charge in [-0.15, -0.1) is 0 Å². The van der Waals surface area contributed by atoms with E-state index in [9.17, 15) is 13.2 Å². The van der Waals surface area contributed by atoms with Crippen LogP contribution < -0.4 is 4.72 Å². The minimum Gasteiger partial charge on any atom is -0.459 e. The van der Waals surface area contributed by atoms with Crippen LogP contribution in [0, 0.1) is 0 Å². The van der Waals surface area contributed by atoms with Gasteiger partial charge >= 0.3 is 5.97 Å². The molecule has 19 heavy (non-hydrogen) atoms. The van der Waals surface area contributed by atoms with E-state index in [4.69, 9.17) is 4.74 Å². The number of aryl methyl sites for hydroxylation is 1. The van der Waals surface area contributed by atoms with Crippen molar-refractivity contribution in [3.63, 3.8) is 0 Å². The average molecular weight is 288 g/mol. The largest absolute Gasteiger partial charge is 0.459 e. The van der Waals surface area contributed by atoms with Crippen molar-refractivity contribution in [2.45, 2.75) is 44.2 Å². The van der Waals surface area contributed by atoms with Gasteiger partial charge < -0.3 is 9.30 Å². The first-order valence-corrected chi connectivity index (χ1v) is 7.37. The van der Waals surface area contributed by atoms with Gasteiger partial charge in [0.15, 0.2) is 0 Å². The van der Waals surface area contributed by atoms with E-state index >= 15 is 0 Å². The zero-order chi connectivity index (χ0) is 14.8. The van der Waals surface area contributed by atoms with E-state index < -0.39 is 27.6 Å². The molecule has 0 amide bonds. The van der Waals surface area contributed by atoms with Gasteiger partial charge in [0, 0.05) is 19.4 Å². The predicted molar refractivity (Wildman–Crippen MR) is 71.0 cm³/mol. The Kier molecular flexibility index (Phi) is 4.42. The smallest absolute Gasteiger partial charge is 0.324 e. The SMILES string of the molecule is C[C@H](NS(=O)(=O)c1ccn(C)c1)C(=O)OC(C)(C)C. The molecule has 0 spiro atoms. The van der Waals surface area contributed by atoms with Crippen LogP contribution in [-0.2, 0) is 26.6 Å². The normalized spacial score (nSPS) is 14.2. The number of carbonyl (C=O) groups excluding carboxylic acids is 1. The van der Waals surface area contributed by atoms with E-state index in [0.29, 0.717) is 0 Å². The highest BCUT2D eigenvalue weighted by atomic mass is 32.2. The number of aromatic nitrogens is 1. The molecular weight excluding hydrogens is 268 g/mol. The van der Waals surface area contributed by atoms with E-state index in [1.165, 1.54) is 19.2 Å². The van der Waals surface area contributed by atoms with Gasteiger partial charge in [-0.25, -0.2) is 8.42 Å². The molecule has 0 radical (unpaired) electrons. The molecular formula is C12H20N2O4S. The molecule has 1 rings (SSSR count). The third-order valence-electron chi connectivity index (χ3n) is 2.21. The fourth-order valence-corrected chi connectivity index (χ4v) is 2.62. The summed E-state index contributed by atoms with van der Waals surface area (Å²) in [7, 11) is -1.99. The molecule has 1 aromatic heterocycles. The summed E-state index contributed by atoms with van der Waals surface area (Å²) in [6.45, 7) is 6.63. The van der Waals surface area contributed by atoms with Crippen molar-refractivity contribution in [1.82, 2.24) is 9.29 Å². The average Bonchev–Trinajstić information content (AvgIpc) is 2.62. The minimum atomic E-state index is -3.71. The summed E-state index contributed by atoms with van der Waals surface area (Å²) >= 11 is 0. The van der Waals surface area contributed by atoms with Crippen LogP contribution in [0.2, 0.25) is 0 Å². The Balaban J connectivity index is 2.76. The number of esters is 1. The Bertz CT molecular complexity index is 555. The molecule has 0 fully saturated rings. The fraction of sp³-hybridized carbons (Fsp3) is 0.583. The minimum absolute atomic E-state index is 0.116. The van der Waals surface area contributed by atoms with Gasteiger partial charge in [0.25, 0.3) is 0 Å². The zero-order valence-electron chi connectivity index (χ0n) is 11.8.